The minimum absolute atomic E-state index is 0.0344. The van der Waals surface area contributed by atoms with Gasteiger partial charge in [0.1, 0.15) is 17.7 Å². The number of alkyl halides is 4. The number of halogens is 6. The van der Waals surface area contributed by atoms with Crippen LogP contribution in [0.5, 0.6) is 11.8 Å². The molecule has 77 heavy (non-hydrogen) atoms. The van der Waals surface area contributed by atoms with Crippen molar-refractivity contribution in [1.29, 1.82) is 0 Å². The molecular formula is C58H70F6N6O7. The number of nitrogens with zero attached hydrogens (tertiary/aromatic N) is 4. The Hall–Kier alpha value is -6.38. The summed E-state index contributed by atoms with van der Waals surface area (Å²) < 4.78 is 93.5. The third kappa shape index (κ3) is 18.4. The molecule has 0 aliphatic carbocycles. The van der Waals surface area contributed by atoms with E-state index in [2.05, 4.69) is 25.1 Å². The van der Waals surface area contributed by atoms with Crippen LogP contribution in [0.4, 0.5) is 26.3 Å². The monoisotopic (exact) mass is 1080 g/mol. The molecule has 2 unspecified atom stereocenters. The summed E-state index contributed by atoms with van der Waals surface area (Å²) >= 11 is 0. The molecule has 0 radical (unpaired) electrons. The molecule has 0 bridgehead atoms. The van der Waals surface area contributed by atoms with E-state index in [1.54, 1.807) is 79.0 Å². The minimum atomic E-state index is -3.72. The average molecular weight is 1080 g/mol. The minimum Gasteiger partial charge on any atom is -0.477 e. The van der Waals surface area contributed by atoms with E-state index in [1.807, 2.05) is 27.7 Å². The average Bonchev–Trinajstić information content (AvgIpc) is 4.12. The summed E-state index contributed by atoms with van der Waals surface area (Å²) in [7, 11) is 0. The van der Waals surface area contributed by atoms with Gasteiger partial charge in [-0.1, -0.05) is 48.5 Å². The van der Waals surface area contributed by atoms with Gasteiger partial charge in [-0.3, -0.25) is 4.79 Å². The quantitative estimate of drug-likeness (QED) is 0.0431. The van der Waals surface area contributed by atoms with Crippen LogP contribution in [0.3, 0.4) is 0 Å². The van der Waals surface area contributed by atoms with Crippen molar-refractivity contribution in [2.24, 2.45) is 5.73 Å². The molecule has 0 saturated carbocycles. The largest absolute Gasteiger partial charge is 0.477 e. The fourth-order valence-electron chi connectivity index (χ4n) is 9.08. The number of pyridine rings is 2. The van der Waals surface area contributed by atoms with Gasteiger partial charge in [0.25, 0.3) is 5.91 Å². The predicted octanol–water partition coefficient (Wildman–Crippen LogP) is 10.00. The second kappa shape index (κ2) is 27.8. The van der Waals surface area contributed by atoms with Gasteiger partial charge < -0.3 is 45.6 Å². The second-order valence-corrected chi connectivity index (χ2v) is 20.2. The zero-order valence-electron chi connectivity index (χ0n) is 43.9. The third-order valence-electron chi connectivity index (χ3n) is 13.2. The summed E-state index contributed by atoms with van der Waals surface area (Å²) in [4.78, 5) is 35.7. The normalized spacial score (nSPS) is 15.8. The predicted molar refractivity (Wildman–Crippen MR) is 283 cm³/mol. The van der Waals surface area contributed by atoms with Crippen LogP contribution in [0.2, 0.25) is 0 Å². The molecule has 2 aromatic heterocycles. The first-order valence-electron chi connectivity index (χ1n) is 26.0. The molecule has 19 heteroatoms. The Labute approximate surface area is 445 Å². The first-order valence-corrected chi connectivity index (χ1v) is 26.0. The molecule has 2 aliphatic heterocycles. The summed E-state index contributed by atoms with van der Waals surface area (Å²) in [6.07, 6.45) is 4.03. The molecule has 8 rings (SSSR count). The Morgan fingerprint density at radius 2 is 1.03 bits per heavy atom. The number of aliphatic carboxylic acids is 1. The topological polar surface area (TPSA) is 184 Å². The van der Waals surface area contributed by atoms with Crippen LogP contribution in [0, 0.1) is 11.6 Å². The number of carboxylic acids is 1. The van der Waals surface area contributed by atoms with Crippen LogP contribution < -0.4 is 20.5 Å². The van der Waals surface area contributed by atoms with Crippen molar-refractivity contribution >= 4 is 33.4 Å². The molecule has 4 aromatic carbocycles. The van der Waals surface area contributed by atoms with Crippen LogP contribution in [0.1, 0.15) is 101 Å². The number of nitrogens with two attached hydrogens (primary N) is 1. The number of carbonyl (C=O) groups is 2. The first kappa shape index (κ1) is 59.9. The Balaban J connectivity index is 0.000000207. The zero-order valence-corrected chi connectivity index (χ0v) is 43.9. The van der Waals surface area contributed by atoms with Crippen LogP contribution in [0.25, 0.3) is 21.5 Å². The van der Waals surface area contributed by atoms with Gasteiger partial charge >= 0.3 is 17.8 Å². The van der Waals surface area contributed by atoms with Gasteiger partial charge in [-0.2, -0.15) is 17.6 Å². The number of hydrogen-bond acceptors (Lipinski definition) is 11. The van der Waals surface area contributed by atoms with Gasteiger partial charge in [0, 0.05) is 56.5 Å². The Morgan fingerprint density at radius 1 is 0.610 bits per heavy atom. The number of benzene rings is 4. The molecule has 416 valence electrons. The lowest BCUT2D eigenvalue weighted by atomic mass is 10.00. The maximum atomic E-state index is 15.0. The number of hydrogen-bond donors (Lipinski definition) is 5. The standard InChI is InChI=1S/C29H34F3N3O3.C15H25N3O2.C14H11F3O2/c1-19(2)38-26-17-23(10-12-33-26)27(36)25(18-35-13-3-4-14-35)34-28(37)29(31,32)11-9-20-5-6-22-16-24(30)8-7-21(22)15-20;1-11(2)20-14-9-12(5-6-17-14)15(19)13(16)10-18-7-3-4-8-18;15-12-4-3-10-7-9(1-2-11(10)8-12)5-6-14(16,17)13(18)19/h5-8,10,12,15-17,19,25,27,36H,3-4,9,11,13-14,18H2,1-2H3,(H,34,37);5-6,9,11,13,15,19H,3-4,7-8,10,16H2,1-2H3;1-4,7-8H,5-6H2,(H,18,19)/t25-,27?;13-,15?;/m11./s1. The molecule has 0 spiro atoms. The van der Waals surface area contributed by atoms with E-state index in [0.717, 1.165) is 61.9 Å². The highest BCUT2D eigenvalue weighted by atomic mass is 19.3. The van der Waals surface area contributed by atoms with E-state index in [0.29, 0.717) is 39.2 Å². The van der Waals surface area contributed by atoms with Crippen LogP contribution in [0.15, 0.2) is 109 Å². The maximum absolute atomic E-state index is 15.0. The first-order chi connectivity index (χ1) is 36.5. The van der Waals surface area contributed by atoms with Crippen LogP contribution >= 0.6 is 0 Å². The SMILES string of the molecule is CC(C)Oc1cc(C(O)[C@@H](CN2CCCC2)NC(=O)C(F)(F)CCc2ccc3cc(F)ccc3c2)ccn1.CC(C)Oc1cc(C(O)[C@H](N)CN2CCCC2)ccn1.O=C(O)C(F)(F)CCc1ccc2cc(F)ccc2c1. The highest BCUT2D eigenvalue weighted by Gasteiger charge is 2.41. The number of likely N-dealkylation sites (tertiary alicyclic amines) is 2. The fraction of sp³-hybridized carbons (Fsp3) is 0.448. The molecule has 13 nitrogen and oxygen atoms in total. The highest BCUT2D eigenvalue weighted by molar-refractivity contribution is 5.85. The van der Waals surface area contributed by atoms with E-state index < -0.39 is 54.8 Å². The number of rotatable bonds is 21. The van der Waals surface area contributed by atoms with Gasteiger partial charge in [-0.05, 0) is 173 Å². The van der Waals surface area contributed by atoms with Gasteiger partial charge in [0.2, 0.25) is 11.8 Å². The summed E-state index contributed by atoms with van der Waals surface area (Å²) in [5.41, 5.74) is 8.54. The molecule has 4 atom stereocenters. The van der Waals surface area contributed by atoms with Crippen LogP contribution in [-0.4, -0.2) is 122 Å². The lowest BCUT2D eigenvalue weighted by molar-refractivity contribution is -0.165. The molecule has 4 heterocycles. The number of amides is 1. The van der Waals surface area contributed by atoms with E-state index >= 15 is 8.78 Å². The zero-order chi connectivity index (χ0) is 55.9. The molecule has 6 aromatic rings. The van der Waals surface area contributed by atoms with E-state index in [4.69, 9.17) is 20.3 Å². The van der Waals surface area contributed by atoms with Crippen LogP contribution in [-0.2, 0) is 22.4 Å². The summed E-state index contributed by atoms with van der Waals surface area (Å²) in [5.74, 6) is -10.8. The number of carbonyl (C=O) groups excluding carboxylic acids is 1. The van der Waals surface area contributed by atoms with Crippen molar-refractivity contribution in [3.05, 3.63) is 143 Å². The van der Waals surface area contributed by atoms with Crippen molar-refractivity contribution in [1.82, 2.24) is 25.1 Å². The smallest absolute Gasteiger partial charge is 0.374 e. The molecule has 2 aliphatic rings. The number of aryl methyl sites for hydroxylation is 2. The summed E-state index contributed by atoms with van der Waals surface area (Å²) in [5, 5.41) is 35.1. The fourth-order valence-corrected chi connectivity index (χ4v) is 9.08. The highest BCUT2D eigenvalue weighted by Crippen LogP contribution is 2.29. The van der Waals surface area contributed by atoms with Gasteiger partial charge in [0.05, 0.1) is 24.4 Å². The number of aliphatic hydroxyl groups excluding tert-OH is 2. The molecular weight excluding hydrogens is 1010 g/mol. The molecule has 2 saturated heterocycles. The van der Waals surface area contributed by atoms with E-state index in [1.165, 1.54) is 43.3 Å². The summed E-state index contributed by atoms with van der Waals surface area (Å²) in [6, 6.07) is 23.9. The van der Waals surface area contributed by atoms with Gasteiger partial charge in [0.15, 0.2) is 0 Å². The van der Waals surface area contributed by atoms with Crippen molar-refractivity contribution < 1.29 is 60.7 Å². The van der Waals surface area contributed by atoms with Crippen molar-refractivity contribution in [2.75, 3.05) is 39.3 Å². The van der Waals surface area contributed by atoms with Gasteiger partial charge in [-0.25, -0.2) is 23.5 Å². The lowest BCUT2D eigenvalue weighted by Crippen LogP contribution is -2.51. The number of fused-ring (bicyclic) bond motifs is 2. The number of carboxylic acid groups (broad SMARTS) is 1. The summed E-state index contributed by atoms with van der Waals surface area (Å²) in [6.45, 7) is 12.3. The second-order valence-electron chi connectivity index (χ2n) is 20.2. The molecule has 2 fully saturated rings. The number of nitrogens with one attached hydrogen (secondary N) is 1. The maximum Gasteiger partial charge on any atom is 0.374 e. The van der Waals surface area contributed by atoms with E-state index in [-0.39, 0.29) is 49.3 Å². The third-order valence-corrected chi connectivity index (χ3v) is 13.2. The Morgan fingerprint density at radius 3 is 1.48 bits per heavy atom. The van der Waals surface area contributed by atoms with E-state index in [9.17, 15) is 37.4 Å². The number of aromatic nitrogens is 2. The number of aliphatic hydroxyl groups is 2. The van der Waals surface area contributed by atoms with Crippen molar-refractivity contribution in [2.45, 2.75) is 127 Å². The van der Waals surface area contributed by atoms with Crippen molar-refractivity contribution in [3.63, 3.8) is 0 Å². The van der Waals surface area contributed by atoms with Crippen molar-refractivity contribution in [3.8, 4) is 11.8 Å². The molecule has 6 N–H and O–H groups in total. The Bertz CT molecular complexity index is 2870. The number of ether oxygens (including phenoxy) is 2. The Kier molecular flexibility index (Phi) is 21.6. The van der Waals surface area contributed by atoms with Gasteiger partial charge in [-0.15, -0.1) is 0 Å². The lowest BCUT2D eigenvalue weighted by Gasteiger charge is -2.30. The molecule has 1 amide bonds.